The van der Waals surface area contributed by atoms with Gasteiger partial charge in [0, 0.05) is 37.9 Å². The number of allylic oxidation sites excluding steroid dienone is 2. The molecule has 0 radical (unpaired) electrons. The van der Waals surface area contributed by atoms with Crippen molar-refractivity contribution in [2.24, 2.45) is 5.84 Å². The van der Waals surface area contributed by atoms with E-state index in [0.29, 0.717) is 37.4 Å². The fraction of sp³-hybridized carbons (Fsp3) is 0.357. The van der Waals surface area contributed by atoms with E-state index in [2.05, 4.69) is 10.4 Å². The van der Waals surface area contributed by atoms with Gasteiger partial charge in [0.1, 0.15) is 11.4 Å². The van der Waals surface area contributed by atoms with Gasteiger partial charge in [0.05, 0.1) is 5.56 Å². The van der Waals surface area contributed by atoms with Gasteiger partial charge in [-0.2, -0.15) is 0 Å². The minimum absolute atomic E-state index is 0.202. The highest BCUT2D eigenvalue weighted by Crippen LogP contribution is 2.19. The highest BCUT2D eigenvalue weighted by molar-refractivity contribution is 6.23. The van der Waals surface area contributed by atoms with Gasteiger partial charge in [-0.15, -0.1) is 0 Å². The molecule has 3 rings (SSSR count). The molecule has 0 saturated carbocycles. The van der Waals surface area contributed by atoms with Crippen LogP contribution in [0.4, 0.5) is 0 Å². The number of Topliss-reactive ketones (excluding diaryl/α,β-unsaturated/α-hetero) is 1. The molecule has 1 aliphatic carbocycles. The number of carbonyl (C=O) groups is 2. The van der Waals surface area contributed by atoms with Crippen LogP contribution in [0.3, 0.4) is 0 Å². The van der Waals surface area contributed by atoms with Crippen LogP contribution in [-0.2, 0) is 0 Å². The third-order valence-corrected chi connectivity index (χ3v) is 3.63. The van der Waals surface area contributed by atoms with Crippen molar-refractivity contribution in [2.45, 2.75) is 6.92 Å². The molecule has 1 saturated heterocycles. The molecule has 0 aromatic carbocycles. The number of hydrogen-bond donors (Lipinski definition) is 2. The van der Waals surface area contributed by atoms with Gasteiger partial charge in [-0.25, -0.2) is 15.0 Å². The molecule has 0 spiro atoms. The first-order valence-corrected chi connectivity index (χ1v) is 6.84. The van der Waals surface area contributed by atoms with Gasteiger partial charge in [0.25, 0.3) is 0 Å². The summed E-state index contributed by atoms with van der Waals surface area (Å²) in [5.41, 5.74) is 4.63. The lowest BCUT2D eigenvalue weighted by Crippen LogP contribution is -2.54. The number of piperazine rings is 1. The third kappa shape index (κ3) is 2.71. The quantitative estimate of drug-likeness (QED) is 0.718. The van der Waals surface area contributed by atoms with E-state index in [9.17, 15) is 9.59 Å². The van der Waals surface area contributed by atoms with Crippen LogP contribution < -0.4 is 11.3 Å². The minimum Gasteiger partial charge on any atom is -0.315 e. The molecule has 2 heterocycles. The van der Waals surface area contributed by atoms with Crippen molar-refractivity contribution in [3.8, 4) is 0 Å². The molecule has 3 N–H and O–H groups in total. The van der Waals surface area contributed by atoms with Gasteiger partial charge in [-0.1, -0.05) is 0 Å². The van der Waals surface area contributed by atoms with Crippen molar-refractivity contribution >= 4 is 11.6 Å². The van der Waals surface area contributed by atoms with Crippen molar-refractivity contribution < 1.29 is 9.59 Å². The van der Waals surface area contributed by atoms with E-state index in [4.69, 9.17) is 5.84 Å². The molecule has 1 aromatic rings. The van der Waals surface area contributed by atoms with Gasteiger partial charge in [-0.05, 0) is 19.1 Å². The summed E-state index contributed by atoms with van der Waals surface area (Å²) in [7, 11) is 0. The molecular weight excluding hydrogens is 270 g/mol. The Morgan fingerprint density at radius 2 is 1.90 bits per heavy atom. The summed E-state index contributed by atoms with van der Waals surface area (Å²) in [5.74, 6) is 5.25. The molecule has 0 unspecified atom stereocenters. The predicted molar refractivity (Wildman–Crippen MR) is 76.2 cm³/mol. The Morgan fingerprint density at radius 1 is 1.19 bits per heavy atom. The Labute approximate surface area is 122 Å². The third-order valence-electron chi connectivity index (χ3n) is 3.63. The molecule has 21 heavy (non-hydrogen) atoms. The number of rotatable bonds is 2. The second kappa shape index (κ2) is 5.36. The Morgan fingerprint density at radius 3 is 2.62 bits per heavy atom. The zero-order valence-electron chi connectivity index (χ0n) is 11.8. The molecule has 7 nitrogen and oxygen atoms in total. The van der Waals surface area contributed by atoms with Crippen molar-refractivity contribution in [1.82, 2.24) is 20.4 Å². The normalized spacial score (nSPS) is 20.2. The summed E-state index contributed by atoms with van der Waals surface area (Å²) in [5, 5.41) is 3.62. The largest absolute Gasteiger partial charge is 0.315 e. The van der Waals surface area contributed by atoms with Crippen LogP contribution >= 0.6 is 0 Å². The molecule has 1 fully saturated rings. The second-order valence-electron chi connectivity index (χ2n) is 5.24. The predicted octanol–water partition coefficient (Wildman–Crippen LogP) is -0.351. The summed E-state index contributed by atoms with van der Waals surface area (Å²) in [6.07, 6.45) is 1.33. The van der Waals surface area contributed by atoms with Gasteiger partial charge in [0.2, 0.25) is 11.6 Å². The van der Waals surface area contributed by atoms with Crippen LogP contribution in [0.2, 0.25) is 0 Å². The lowest BCUT2D eigenvalue weighted by atomic mass is 9.97. The first-order chi connectivity index (χ1) is 10.0. The number of ketones is 2. The second-order valence-corrected chi connectivity index (χ2v) is 5.24. The molecule has 7 heteroatoms. The average Bonchev–Trinajstić information content (AvgIpc) is 2.47. The van der Waals surface area contributed by atoms with E-state index < -0.39 is 0 Å². The molecule has 1 aliphatic heterocycles. The van der Waals surface area contributed by atoms with E-state index >= 15 is 0 Å². The number of nitrogens with two attached hydrogens (primary N) is 1. The number of carbonyl (C=O) groups excluding carboxylic acids is 2. The molecule has 0 atom stereocenters. The first-order valence-electron chi connectivity index (χ1n) is 6.84. The van der Waals surface area contributed by atoms with Gasteiger partial charge in [-0.3, -0.25) is 15.4 Å². The maximum Gasteiger partial charge on any atom is 0.212 e. The number of pyridine rings is 1. The Balaban J connectivity index is 1.80. The van der Waals surface area contributed by atoms with Crippen LogP contribution in [-0.4, -0.2) is 52.7 Å². The summed E-state index contributed by atoms with van der Waals surface area (Å²) in [6.45, 7) is 4.59. The van der Waals surface area contributed by atoms with Crippen LogP contribution in [0.15, 0.2) is 23.9 Å². The Bertz CT molecular complexity index is 632. The summed E-state index contributed by atoms with van der Waals surface area (Å²) >= 11 is 0. The maximum absolute atomic E-state index is 12.4. The number of hydrogen-bond acceptors (Lipinski definition) is 7. The lowest BCUT2D eigenvalue weighted by Gasteiger charge is -2.33. The Hall–Kier alpha value is -2.09. The van der Waals surface area contributed by atoms with Crippen molar-refractivity contribution in [3.05, 3.63) is 40.9 Å². The van der Waals surface area contributed by atoms with Crippen LogP contribution in [0.5, 0.6) is 0 Å². The molecule has 0 bridgehead atoms. The molecular formula is C14H17N5O2. The van der Waals surface area contributed by atoms with E-state index in [1.807, 2.05) is 5.01 Å². The molecule has 0 amide bonds. The van der Waals surface area contributed by atoms with E-state index in [1.165, 1.54) is 6.08 Å². The number of aryl methyl sites for hydroxylation is 1. The fourth-order valence-electron chi connectivity index (χ4n) is 2.42. The summed E-state index contributed by atoms with van der Waals surface area (Å²) in [4.78, 5) is 28.7. The van der Waals surface area contributed by atoms with E-state index in [1.54, 1.807) is 24.1 Å². The summed E-state index contributed by atoms with van der Waals surface area (Å²) < 4.78 is 0. The SMILES string of the molecule is Cc1ccc2c(n1)C(=O)C=C(NN1CCN(N)CC1)C2=O. The first kappa shape index (κ1) is 13.9. The summed E-state index contributed by atoms with van der Waals surface area (Å²) in [6, 6.07) is 3.39. The van der Waals surface area contributed by atoms with Gasteiger partial charge < -0.3 is 5.43 Å². The van der Waals surface area contributed by atoms with E-state index in [-0.39, 0.29) is 17.3 Å². The smallest absolute Gasteiger partial charge is 0.212 e. The van der Waals surface area contributed by atoms with E-state index in [0.717, 1.165) is 5.69 Å². The highest BCUT2D eigenvalue weighted by Gasteiger charge is 2.28. The minimum atomic E-state index is -0.242. The van der Waals surface area contributed by atoms with Crippen LogP contribution in [0.25, 0.3) is 0 Å². The standard InChI is InChI=1S/C14H17N5O2/c1-9-2-3-10-13(16-9)12(20)8-11(14(10)21)17-19-6-4-18(15)5-7-19/h2-3,8,17H,4-7,15H2,1H3. The number of aromatic nitrogens is 1. The average molecular weight is 287 g/mol. The topological polar surface area (TPSA) is 91.6 Å². The number of nitrogens with zero attached hydrogens (tertiary/aromatic N) is 3. The maximum atomic E-state index is 12.4. The van der Waals surface area contributed by atoms with Crippen LogP contribution in [0.1, 0.15) is 26.5 Å². The number of nitrogens with one attached hydrogen (secondary N) is 1. The van der Waals surface area contributed by atoms with Gasteiger partial charge in [0.15, 0.2) is 0 Å². The van der Waals surface area contributed by atoms with Crippen molar-refractivity contribution in [3.63, 3.8) is 0 Å². The number of fused-ring (bicyclic) bond motifs is 1. The number of hydrazine groups is 2. The van der Waals surface area contributed by atoms with Gasteiger partial charge >= 0.3 is 0 Å². The monoisotopic (exact) mass is 287 g/mol. The molecule has 1 aromatic heterocycles. The molecule has 110 valence electrons. The van der Waals surface area contributed by atoms with Crippen molar-refractivity contribution in [2.75, 3.05) is 26.2 Å². The highest BCUT2D eigenvalue weighted by atomic mass is 16.1. The zero-order chi connectivity index (χ0) is 15.0. The molecule has 2 aliphatic rings. The van der Waals surface area contributed by atoms with Crippen molar-refractivity contribution in [1.29, 1.82) is 0 Å². The Kier molecular flexibility index (Phi) is 3.54. The zero-order valence-corrected chi connectivity index (χ0v) is 11.8. The lowest BCUT2D eigenvalue weighted by molar-refractivity contribution is 0.0858. The van der Waals surface area contributed by atoms with Crippen LogP contribution in [0, 0.1) is 6.92 Å². The fourth-order valence-corrected chi connectivity index (χ4v) is 2.42.